The van der Waals surface area contributed by atoms with E-state index in [-0.39, 0.29) is 0 Å². The minimum absolute atomic E-state index is 0.298. The SMILES string of the molecule is C#CCC(C)NCc1cc2c(cc1Br)OCO2. The zero-order valence-electron chi connectivity index (χ0n) is 9.63. The Labute approximate surface area is 110 Å². The molecular weight excluding hydrogens is 282 g/mol. The molecule has 17 heavy (non-hydrogen) atoms. The number of rotatable bonds is 4. The molecule has 1 unspecified atom stereocenters. The maximum Gasteiger partial charge on any atom is 0.231 e. The molecule has 1 N–H and O–H groups in total. The second-order valence-corrected chi connectivity index (χ2v) is 4.84. The summed E-state index contributed by atoms with van der Waals surface area (Å²) in [6.07, 6.45) is 5.99. The molecule has 1 aromatic rings. The van der Waals surface area contributed by atoms with Gasteiger partial charge in [-0.3, -0.25) is 0 Å². The topological polar surface area (TPSA) is 30.5 Å². The summed E-state index contributed by atoms with van der Waals surface area (Å²) in [4.78, 5) is 0. The van der Waals surface area contributed by atoms with Crippen LogP contribution >= 0.6 is 15.9 Å². The Bertz CT molecular complexity index is 453. The standard InChI is InChI=1S/C13H14BrNO2/c1-3-4-9(2)15-7-10-5-12-13(6-11(10)14)17-8-16-12/h1,5-6,9,15H,4,7-8H2,2H3. The monoisotopic (exact) mass is 295 g/mol. The van der Waals surface area contributed by atoms with Crippen molar-refractivity contribution in [1.29, 1.82) is 0 Å². The minimum Gasteiger partial charge on any atom is -0.454 e. The molecule has 0 fully saturated rings. The lowest BCUT2D eigenvalue weighted by Gasteiger charge is -2.12. The van der Waals surface area contributed by atoms with Gasteiger partial charge in [0.25, 0.3) is 0 Å². The summed E-state index contributed by atoms with van der Waals surface area (Å²) in [7, 11) is 0. The van der Waals surface area contributed by atoms with Gasteiger partial charge in [-0.1, -0.05) is 15.9 Å². The van der Waals surface area contributed by atoms with Crippen LogP contribution in [0, 0.1) is 12.3 Å². The van der Waals surface area contributed by atoms with Crippen LogP contribution in [0.25, 0.3) is 0 Å². The predicted octanol–water partition coefficient (Wildman–Crippen LogP) is 2.68. The molecule has 0 saturated carbocycles. The molecule has 2 rings (SSSR count). The lowest BCUT2D eigenvalue weighted by atomic mass is 10.1. The van der Waals surface area contributed by atoms with E-state index in [1.54, 1.807) is 0 Å². The van der Waals surface area contributed by atoms with Gasteiger partial charge in [0.05, 0.1) is 0 Å². The zero-order chi connectivity index (χ0) is 12.3. The van der Waals surface area contributed by atoms with Gasteiger partial charge in [0.2, 0.25) is 6.79 Å². The number of halogens is 1. The number of benzene rings is 1. The number of fused-ring (bicyclic) bond motifs is 1. The first-order valence-electron chi connectivity index (χ1n) is 5.45. The molecule has 0 aromatic heterocycles. The van der Waals surface area contributed by atoms with Crippen LogP contribution in [0.4, 0.5) is 0 Å². The van der Waals surface area contributed by atoms with Gasteiger partial charge in [0.1, 0.15) is 0 Å². The van der Waals surface area contributed by atoms with Crippen molar-refractivity contribution in [1.82, 2.24) is 5.32 Å². The molecule has 90 valence electrons. The highest BCUT2D eigenvalue weighted by Crippen LogP contribution is 2.36. The first-order chi connectivity index (χ1) is 8.20. The number of hydrogen-bond acceptors (Lipinski definition) is 3. The van der Waals surface area contributed by atoms with Crippen LogP contribution in [0.2, 0.25) is 0 Å². The van der Waals surface area contributed by atoms with Gasteiger partial charge in [-0.2, -0.15) is 0 Å². The quantitative estimate of drug-likeness (QED) is 0.867. The molecule has 1 aromatic carbocycles. The van der Waals surface area contributed by atoms with Gasteiger partial charge in [0.15, 0.2) is 11.5 Å². The fourth-order valence-electron chi connectivity index (χ4n) is 1.63. The molecule has 0 bridgehead atoms. The van der Waals surface area contributed by atoms with Crippen molar-refractivity contribution < 1.29 is 9.47 Å². The fourth-order valence-corrected chi connectivity index (χ4v) is 2.09. The van der Waals surface area contributed by atoms with Gasteiger partial charge in [-0.15, -0.1) is 12.3 Å². The summed E-state index contributed by atoms with van der Waals surface area (Å²) in [5.74, 6) is 4.23. The zero-order valence-corrected chi connectivity index (χ0v) is 11.2. The van der Waals surface area contributed by atoms with E-state index in [4.69, 9.17) is 15.9 Å². The van der Waals surface area contributed by atoms with E-state index in [9.17, 15) is 0 Å². The van der Waals surface area contributed by atoms with Crippen molar-refractivity contribution >= 4 is 15.9 Å². The summed E-state index contributed by atoms with van der Waals surface area (Å²) in [5, 5.41) is 3.36. The molecular formula is C13H14BrNO2. The van der Waals surface area contributed by atoms with Crippen LogP contribution in [0.1, 0.15) is 18.9 Å². The van der Waals surface area contributed by atoms with E-state index < -0.39 is 0 Å². The normalized spacial score (nSPS) is 14.4. The Balaban J connectivity index is 2.04. The highest BCUT2D eigenvalue weighted by atomic mass is 79.9. The number of terminal acetylenes is 1. The number of nitrogens with one attached hydrogen (secondary N) is 1. The van der Waals surface area contributed by atoms with Crippen molar-refractivity contribution in [2.24, 2.45) is 0 Å². The van der Waals surface area contributed by atoms with E-state index >= 15 is 0 Å². The van der Waals surface area contributed by atoms with Crippen molar-refractivity contribution in [3.8, 4) is 23.8 Å². The Kier molecular flexibility index (Phi) is 3.93. The lowest BCUT2D eigenvalue weighted by molar-refractivity contribution is 0.174. The van der Waals surface area contributed by atoms with Gasteiger partial charge in [-0.05, 0) is 24.6 Å². The van der Waals surface area contributed by atoms with Gasteiger partial charge in [-0.25, -0.2) is 0 Å². The average molecular weight is 296 g/mol. The molecule has 3 nitrogen and oxygen atoms in total. The number of ether oxygens (including phenoxy) is 2. The molecule has 1 atom stereocenters. The van der Waals surface area contributed by atoms with Crippen molar-refractivity contribution in [2.45, 2.75) is 25.9 Å². The Morgan fingerprint density at radius 1 is 1.47 bits per heavy atom. The lowest BCUT2D eigenvalue weighted by Crippen LogP contribution is -2.24. The maximum atomic E-state index is 5.35. The van der Waals surface area contributed by atoms with E-state index in [0.717, 1.165) is 34.5 Å². The third-order valence-electron chi connectivity index (χ3n) is 2.61. The number of hydrogen-bond donors (Lipinski definition) is 1. The van der Waals surface area contributed by atoms with E-state index in [1.165, 1.54) is 0 Å². The van der Waals surface area contributed by atoms with E-state index in [2.05, 4.69) is 34.1 Å². The predicted molar refractivity (Wildman–Crippen MR) is 70.0 cm³/mol. The third-order valence-corrected chi connectivity index (χ3v) is 3.34. The van der Waals surface area contributed by atoms with Gasteiger partial charge in [0, 0.05) is 23.5 Å². The Morgan fingerprint density at radius 3 is 2.88 bits per heavy atom. The Morgan fingerprint density at radius 2 is 2.18 bits per heavy atom. The van der Waals surface area contributed by atoms with Crippen LogP contribution in [-0.2, 0) is 6.54 Å². The highest BCUT2D eigenvalue weighted by Gasteiger charge is 2.16. The van der Waals surface area contributed by atoms with Crippen molar-refractivity contribution in [3.63, 3.8) is 0 Å². The van der Waals surface area contributed by atoms with Crippen LogP contribution < -0.4 is 14.8 Å². The summed E-state index contributed by atoms with van der Waals surface area (Å²) < 4.78 is 11.7. The Hall–Kier alpha value is -1.18. The first kappa shape index (κ1) is 12.3. The molecule has 0 radical (unpaired) electrons. The van der Waals surface area contributed by atoms with Crippen LogP contribution in [-0.4, -0.2) is 12.8 Å². The second-order valence-electron chi connectivity index (χ2n) is 3.99. The van der Waals surface area contributed by atoms with Crippen LogP contribution in [0.15, 0.2) is 16.6 Å². The summed E-state index contributed by atoms with van der Waals surface area (Å²) in [6, 6.07) is 4.23. The largest absolute Gasteiger partial charge is 0.454 e. The van der Waals surface area contributed by atoms with Crippen LogP contribution in [0.5, 0.6) is 11.5 Å². The smallest absolute Gasteiger partial charge is 0.231 e. The summed E-state index contributed by atoms with van der Waals surface area (Å²) in [6.45, 7) is 3.12. The van der Waals surface area contributed by atoms with Crippen molar-refractivity contribution in [3.05, 3.63) is 22.2 Å². The third kappa shape index (κ3) is 2.93. The molecule has 1 heterocycles. The minimum atomic E-state index is 0.298. The van der Waals surface area contributed by atoms with Gasteiger partial charge >= 0.3 is 0 Å². The maximum absolute atomic E-state index is 5.35. The molecule has 4 heteroatoms. The molecule has 0 spiro atoms. The molecule has 1 aliphatic heterocycles. The van der Waals surface area contributed by atoms with E-state index in [0.29, 0.717) is 12.8 Å². The van der Waals surface area contributed by atoms with E-state index in [1.807, 2.05) is 12.1 Å². The molecule has 0 aliphatic carbocycles. The second kappa shape index (κ2) is 5.44. The first-order valence-corrected chi connectivity index (χ1v) is 6.25. The van der Waals surface area contributed by atoms with Gasteiger partial charge < -0.3 is 14.8 Å². The highest BCUT2D eigenvalue weighted by molar-refractivity contribution is 9.10. The summed E-state index contributed by atoms with van der Waals surface area (Å²) >= 11 is 3.52. The fraction of sp³-hybridized carbons (Fsp3) is 0.385. The average Bonchev–Trinajstić information content (AvgIpc) is 2.73. The summed E-state index contributed by atoms with van der Waals surface area (Å²) in [5.41, 5.74) is 1.14. The molecule has 0 saturated heterocycles. The molecule has 0 amide bonds. The molecule has 1 aliphatic rings. The van der Waals surface area contributed by atoms with Crippen LogP contribution in [0.3, 0.4) is 0 Å². The van der Waals surface area contributed by atoms with Crippen molar-refractivity contribution in [2.75, 3.05) is 6.79 Å².